The van der Waals surface area contributed by atoms with E-state index >= 15 is 0 Å². The highest BCUT2D eigenvalue weighted by atomic mass is 16.3. The van der Waals surface area contributed by atoms with Gasteiger partial charge in [0.1, 0.15) is 0 Å². The minimum absolute atomic E-state index is 0.222. The normalized spacial score (nSPS) is 31.8. The van der Waals surface area contributed by atoms with Crippen molar-refractivity contribution in [2.24, 2.45) is 17.1 Å². The lowest BCUT2D eigenvalue weighted by atomic mass is 10.0. The molecule has 2 nitrogen and oxygen atoms in total. The Kier molecular flexibility index (Phi) is 2.02. The summed E-state index contributed by atoms with van der Waals surface area (Å²) in [6, 6.07) is 0.222. The zero-order valence-electron chi connectivity index (χ0n) is 6.80. The lowest BCUT2D eigenvalue weighted by Gasteiger charge is -2.10. The van der Waals surface area contributed by atoms with Gasteiger partial charge in [-0.2, -0.15) is 0 Å². The minimum Gasteiger partial charge on any atom is -0.396 e. The zero-order valence-corrected chi connectivity index (χ0v) is 6.80. The maximum absolute atomic E-state index is 8.60. The number of hydrogen-bond acceptors (Lipinski definition) is 2. The summed E-state index contributed by atoms with van der Waals surface area (Å²) in [4.78, 5) is 0. The van der Waals surface area contributed by atoms with Crippen LogP contribution < -0.4 is 5.73 Å². The highest BCUT2D eigenvalue weighted by Crippen LogP contribution is 2.53. The van der Waals surface area contributed by atoms with Gasteiger partial charge in [0.05, 0.1) is 0 Å². The van der Waals surface area contributed by atoms with Crippen LogP contribution in [0.5, 0.6) is 0 Å². The summed E-state index contributed by atoms with van der Waals surface area (Å²) < 4.78 is 0. The van der Waals surface area contributed by atoms with Crippen molar-refractivity contribution in [3.05, 3.63) is 0 Å². The molecule has 1 aliphatic carbocycles. The predicted octanol–water partition coefficient (Wildman–Crippen LogP) is 0.742. The fraction of sp³-hybridized carbons (Fsp3) is 1.00. The van der Waals surface area contributed by atoms with E-state index in [1.807, 2.05) is 0 Å². The molecule has 1 saturated carbocycles. The second-order valence-corrected chi connectivity index (χ2v) is 3.98. The van der Waals surface area contributed by atoms with E-state index in [9.17, 15) is 0 Å². The van der Waals surface area contributed by atoms with Crippen LogP contribution in [0.3, 0.4) is 0 Å². The second kappa shape index (κ2) is 2.51. The average Bonchev–Trinajstić information content (AvgIpc) is 2.41. The maximum atomic E-state index is 8.60. The lowest BCUT2D eigenvalue weighted by molar-refractivity contribution is 0.265. The molecule has 0 amide bonds. The van der Waals surface area contributed by atoms with Gasteiger partial charge in [0.15, 0.2) is 0 Å². The molecule has 1 fully saturated rings. The molecule has 0 spiro atoms. The average molecular weight is 143 g/mol. The molecule has 0 aromatic carbocycles. The molecule has 60 valence electrons. The molecule has 0 aromatic heterocycles. The molecule has 2 atom stereocenters. The van der Waals surface area contributed by atoms with Crippen LogP contribution in [0.2, 0.25) is 0 Å². The van der Waals surface area contributed by atoms with Crippen LogP contribution in [0.15, 0.2) is 0 Å². The third-order valence-electron chi connectivity index (χ3n) is 2.57. The summed E-state index contributed by atoms with van der Waals surface area (Å²) >= 11 is 0. The van der Waals surface area contributed by atoms with Gasteiger partial charge in [-0.1, -0.05) is 13.8 Å². The molecule has 0 saturated heterocycles. The number of aliphatic hydroxyl groups is 1. The van der Waals surface area contributed by atoms with Crippen LogP contribution >= 0.6 is 0 Å². The van der Waals surface area contributed by atoms with Crippen molar-refractivity contribution in [2.45, 2.75) is 32.7 Å². The lowest BCUT2D eigenvalue weighted by Crippen LogP contribution is -2.25. The third-order valence-corrected chi connectivity index (χ3v) is 2.57. The minimum atomic E-state index is 0.222. The quantitative estimate of drug-likeness (QED) is 0.612. The van der Waals surface area contributed by atoms with Crippen molar-refractivity contribution in [3.63, 3.8) is 0 Å². The van der Waals surface area contributed by atoms with Crippen LogP contribution in [0, 0.1) is 11.3 Å². The Morgan fingerprint density at radius 3 is 2.50 bits per heavy atom. The highest BCUT2D eigenvalue weighted by Gasteiger charge is 2.48. The van der Waals surface area contributed by atoms with Crippen molar-refractivity contribution in [3.8, 4) is 0 Å². The summed E-state index contributed by atoms with van der Waals surface area (Å²) in [5.74, 6) is 0.652. The molecular weight excluding hydrogens is 126 g/mol. The van der Waals surface area contributed by atoms with Gasteiger partial charge in [0, 0.05) is 12.6 Å². The molecule has 0 heterocycles. The number of hydrogen-bond donors (Lipinski definition) is 2. The first-order chi connectivity index (χ1) is 4.58. The molecule has 0 aromatic rings. The van der Waals surface area contributed by atoms with E-state index in [1.165, 1.54) is 6.42 Å². The van der Waals surface area contributed by atoms with Crippen molar-refractivity contribution in [1.82, 2.24) is 0 Å². The molecule has 1 aliphatic rings. The summed E-state index contributed by atoms with van der Waals surface area (Å²) in [6.07, 6.45) is 1.99. The first-order valence-corrected chi connectivity index (χ1v) is 3.94. The third kappa shape index (κ3) is 1.50. The molecule has 3 N–H and O–H groups in total. The molecule has 0 radical (unpaired) electrons. The fourth-order valence-electron chi connectivity index (χ4n) is 1.59. The van der Waals surface area contributed by atoms with Gasteiger partial charge in [0.2, 0.25) is 0 Å². The van der Waals surface area contributed by atoms with Crippen molar-refractivity contribution in [1.29, 1.82) is 0 Å². The smallest absolute Gasteiger partial charge is 0.0445 e. The monoisotopic (exact) mass is 143 g/mol. The van der Waals surface area contributed by atoms with E-state index in [0.29, 0.717) is 11.3 Å². The molecule has 1 rings (SSSR count). The standard InChI is InChI=1S/C8H17NO/c1-8(2)5-6(8)7(9)3-4-10/h6-7,10H,3-5,9H2,1-2H3. The first kappa shape index (κ1) is 8.02. The van der Waals surface area contributed by atoms with Gasteiger partial charge < -0.3 is 10.8 Å². The van der Waals surface area contributed by atoms with Crippen molar-refractivity contribution in [2.75, 3.05) is 6.61 Å². The van der Waals surface area contributed by atoms with Gasteiger partial charge in [-0.15, -0.1) is 0 Å². The van der Waals surface area contributed by atoms with Gasteiger partial charge in [-0.3, -0.25) is 0 Å². The predicted molar refractivity (Wildman–Crippen MR) is 41.6 cm³/mol. The van der Waals surface area contributed by atoms with E-state index in [2.05, 4.69) is 13.8 Å². The second-order valence-electron chi connectivity index (χ2n) is 3.98. The number of rotatable bonds is 3. The van der Waals surface area contributed by atoms with Gasteiger partial charge in [-0.25, -0.2) is 0 Å². The van der Waals surface area contributed by atoms with Gasteiger partial charge in [-0.05, 0) is 24.2 Å². The van der Waals surface area contributed by atoms with Crippen LogP contribution in [0.4, 0.5) is 0 Å². The van der Waals surface area contributed by atoms with Crippen molar-refractivity contribution >= 4 is 0 Å². The molecule has 0 aliphatic heterocycles. The summed E-state index contributed by atoms with van der Waals surface area (Å²) in [6.45, 7) is 4.69. The van der Waals surface area contributed by atoms with Crippen molar-refractivity contribution < 1.29 is 5.11 Å². The SMILES string of the molecule is CC1(C)CC1C(N)CCO. The Hall–Kier alpha value is -0.0800. The van der Waals surface area contributed by atoms with Crippen LogP contribution in [-0.4, -0.2) is 17.8 Å². The van der Waals surface area contributed by atoms with Crippen LogP contribution in [0.1, 0.15) is 26.7 Å². The maximum Gasteiger partial charge on any atom is 0.0445 e. The fourth-order valence-corrected chi connectivity index (χ4v) is 1.59. The highest BCUT2D eigenvalue weighted by molar-refractivity contribution is 5.00. The zero-order chi connectivity index (χ0) is 7.78. The Bertz CT molecular complexity index is 122. The Morgan fingerprint density at radius 1 is 1.70 bits per heavy atom. The van der Waals surface area contributed by atoms with Crippen LogP contribution in [0.25, 0.3) is 0 Å². The first-order valence-electron chi connectivity index (χ1n) is 3.94. The summed E-state index contributed by atoms with van der Waals surface area (Å²) in [5, 5.41) is 8.60. The Balaban J connectivity index is 2.25. The number of aliphatic hydroxyl groups excluding tert-OH is 1. The Labute approximate surface area is 62.4 Å². The van der Waals surface area contributed by atoms with Gasteiger partial charge >= 0.3 is 0 Å². The van der Waals surface area contributed by atoms with Gasteiger partial charge in [0.25, 0.3) is 0 Å². The number of nitrogens with two attached hydrogens (primary N) is 1. The van der Waals surface area contributed by atoms with E-state index in [-0.39, 0.29) is 12.6 Å². The largest absolute Gasteiger partial charge is 0.396 e. The topological polar surface area (TPSA) is 46.2 Å². The molecule has 2 heteroatoms. The molecular formula is C8H17NO. The molecule has 0 bridgehead atoms. The van der Waals surface area contributed by atoms with Crippen LogP contribution in [-0.2, 0) is 0 Å². The van der Waals surface area contributed by atoms with E-state index in [1.54, 1.807) is 0 Å². The van der Waals surface area contributed by atoms with E-state index < -0.39 is 0 Å². The Morgan fingerprint density at radius 2 is 2.20 bits per heavy atom. The molecule has 2 unspecified atom stereocenters. The van der Waals surface area contributed by atoms with E-state index in [4.69, 9.17) is 10.8 Å². The molecule has 10 heavy (non-hydrogen) atoms. The summed E-state index contributed by atoms with van der Waals surface area (Å²) in [7, 11) is 0. The van der Waals surface area contributed by atoms with E-state index in [0.717, 1.165) is 6.42 Å². The summed E-state index contributed by atoms with van der Waals surface area (Å²) in [5.41, 5.74) is 6.26.